The van der Waals surface area contributed by atoms with E-state index in [9.17, 15) is 9.59 Å². The van der Waals surface area contributed by atoms with Crippen molar-refractivity contribution in [1.29, 1.82) is 0 Å². The molecule has 0 unspecified atom stereocenters. The minimum Gasteiger partial charge on any atom is -0.348 e. The maximum atomic E-state index is 12.3. The second-order valence-corrected chi connectivity index (χ2v) is 6.01. The second kappa shape index (κ2) is 6.33. The van der Waals surface area contributed by atoms with Gasteiger partial charge in [0.1, 0.15) is 0 Å². The molecule has 0 aliphatic carbocycles. The van der Waals surface area contributed by atoms with Gasteiger partial charge in [-0.2, -0.15) is 0 Å². The number of benzene rings is 2. The van der Waals surface area contributed by atoms with E-state index in [0.717, 1.165) is 11.3 Å². The third-order valence-electron chi connectivity index (χ3n) is 4.25. The van der Waals surface area contributed by atoms with Crippen LogP contribution in [-0.4, -0.2) is 21.8 Å². The van der Waals surface area contributed by atoms with Gasteiger partial charge in [0.15, 0.2) is 0 Å². The van der Waals surface area contributed by atoms with E-state index in [4.69, 9.17) is 0 Å². The van der Waals surface area contributed by atoms with Crippen LogP contribution >= 0.6 is 0 Å². The van der Waals surface area contributed by atoms with Crippen molar-refractivity contribution in [1.82, 2.24) is 9.97 Å². The van der Waals surface area contributed by atoms with Crippen LogP contribution in [0.2, 0.25) is 0 Å². The Balaban J connectivity index is 1.66. The summed E-state index contributed by atoms with van der Waals surface area (Å²) < 4.78 is 0. The molecule has 0 saturated heterocycles. The molecule has 0 radical (unpaired) electrons. The highest BCUT2D eigenvalue weighted by Gasteiger charge is 2.25. The summed E-state index contributed by atoms with van der Waals surface area (Å²) in [6, 6.07) is 14.3. The summed E-state index contributed by atoms with van der Waals surface area (Å²) in [5.74, 6) is -0.384. The average Bonchev–Trinajstić information content (AvgIpc) is 3.19. The molecule has 0 spiro atoms. The maximum Gasteiger partial charge on any atom is 0.256 e. The highest BCUT2D eigenvalue weighted by Crippen LogP contribution is 2.35. The van der Waals surface area contributed by atoms with Gasteiger partial charge in [0.2, 0.25) is 0 Å². The molecule has 0 saturated carbocycles. The molecule has 3 aromatic rings. The number of anilines is 2. The number of carbonyl (C=O) groups excluding carboxylic acids is 2. The van der Waals surface area contributed by atoms with Crippen LogP contribution in [0.1, 0.15) is 27.3 Å². The maximum absolute atomic E-state index is 12.3. The number of hydrogen-bond acceptors (Lipinski definition) is 3. The van der Waals surface area contributed by atoms with Gasteiger partial charge in [0.05, 0.1) is 17.6 Å². The molecule has 1 aliphatic heterocycles. The molecular weight excluding hydrogens is 328 g/mol. The van der Waals surface area contributed by atoms with Gasteiger partial charge < -0.3 is 15.6 Å². The van der Waals surface area contributed by atoms with Crippen molar-refractivity contribution in [2.75, 3.05) is 10.6 Å². The van der Waals surface area contributed by atoms with Crippen LogP contribution in [0.5, 0.6) is 0 Å². The fraction of sp³-hybridized carbons (Fsp3) is 0.0500. The molecule has 0 bridgehead atoms. The summed E-state index contributed by atoms with van der Waals surface area (Å²) >= 11 is 0. The Bertz CT molecular complexity index is 1030. The van der Waals surface area contributed by atoms with Crippen molar-refractivity contribution in [3.63, 3.8) is 0 Å². The Morgan fingerprint density at radius 3 is 2.69 bits per heavy atom. The van der Waals surface area contributed by atoms with Crippen molar-refractivity contribution in [3.8, 4) is 0 Å². The zero-order chi connectivity index (χ0) is 18.1. The van der Waals surface area contributed by atoms with E-state index in [1.54, 1.807) is 42.7 Å². The standard InChI is InChI=1S/C20H16N4O2/c1-12-18(22-11-21-12)10-16-15-9-14(7-8-17(15)24-20(16)26)23-19(25)13-5-3-2-4-6-13/h2-11H,1H3,(H,21,22)(H,23,25)(H,24,26)/b16-10-. The average molecular weight is 344 g/mol. The topological polar surface area (TPSA) is 86.9 Å². The van der Waals surface area contributed by atoms with Crippen LogP contribution in [0.3, 0.4) is 0 Å². The number of nitrogens with one attached hydrogen (secondary N) is 3. The SMILES string of the molecule is Cc1[nH]cnc1/C=C1\C(=O)Nc2ccc(NC(=O)c3ccccc3)cc21. The highest BCUT2D eigenvalue weighted by molar-refractivity contribution is 6.35. The van der Waals surface area contributed by atoms with E-state index < -0.39 is 0 Å². The molecule has 1 aliphatic rings. The normalized spacial score (nSPS) is 14.2. The number of imidazole rings is 1. The lowest BCUT2D eigenvalue weighted by Gasteiger charge is -2.07. The Kier molecular flexibility index (Phi) is 3.85. The molecular formula is C20H16N4O2. The lowest BCUT2D eigenvalue weighted by atomic mass is 10.0. The third kappa shape index (κ3) is 2.88. The molecule has 6 nitrogen and oxygen atoms in total. The Morgan fingerprint density at radius 2 is 1.96 bits per heavy atom. The number of amides is 2. The summed E-state index contributed by atoms with van der Waals surface area (Å²) in [6.07, 6.45) is 3.34. The van der Waals surface area contributed by atoms with Crippen molar-refractivity contribution < 1.29 is 9.59 Å². The number of aryl methyl sites for hydroxylation is 1. The first-order chi connectivity index (χ1) is 12.6. The summed E-state index contributed by atoms with van der Waals surface area (Å²) in [6.45, 7) is 1.89. The predicted molar refractivity (Wildman–Crippen MR) is 101 cm³/mol. The quantitative estimate of drug-likeness (QED) is 0.636. The zero-order valence-electron chi connectivity index (χ0n) is 14.0. The van der Waals surface area contributed by atoms with Gasteiger partial charge in [-0.3, -0.25) is 9.59 Å². The van der Waals surface area contributed by atoms with Crippen LogP contribution in [0.15, 0.2) is 54.9 Å². The molecule has 4 rings (SSSR count). The lowest BCUT2D eigenvalue weighted by Crippen LogP contribution is -2.11. The molecule has 128 valence electrons. The minimum absolute atomic E-state index is 0.186. The molecule has 2 heterocycles. The van der Waals surface area contributed by atoms with Crippen LogP contribution < -0.4 is 10.6 Å². The molecule has 2 amide bonds. The lowest BCUT2D eigenvalue weighted by molar-refractivity contribution is -0.110. The van der Waals surface area contributed by atoms with Crippen molar-refractivity contribution >= 4 is 34.8 Å². The first kappa shape index (κ1) is 15.8. The van der Waals surface area contributed by atoms with E-state index >= 15 is 0 Å². The largest absolute Gasteiger partial charge is 0.348 e. The Hall–Kier alpha value is -3.67. The van der Waals surface area contributed by atoms with E-state index in [2.05, 4.69) is 20.6 Å². The number of nitrogens with zero attached hydrogens (tertiary/aromatic N) is 1. The van der Waals surface area contributed by atoms with Gasteiger partial charge in [-0.1, -0.05) is 18.2 Å². The van der Waals surface area contributed by atoms with Crippen LogP contribution in [0.4, 0.5) is 11.4 Å². The van der Waals surface area contributed by atoms with Crippen LogP contribution in [0, 0.1) is 6.92 Å². The molecule has 6 heteroatoms. The second-order valence-electron chi connectivity index (χ2n) is 6.01. The number of aromatic amines is 1. The predicted octanol–water partition coefficient (Wildman–Crippen LogP) is 3.46. The Labute approximate surface area is 150 Å². The molecule has 0 fully saturated rings. The highest BCUT2D eigenvalue weighted by atomic mass is 16.2. The first-order valence-corrected chi connectivity index (χ1v) is 8.15. The number of carbonyl (C=O) groups is 2. The summed E-state index contributed by atoms with van der Waals surface area (Å²) in [5, 5.41) is 5.70. The van der Waals surface area contributed by atoms with E-state index in [0.29, 0.717) is 28.2 Å². The van der Waals surface area contributed by atoms with Crippen LogP contribution in [0.25, 0.3) is 11.6 Å². The number of H-pyrrole nitrogens is 1. The molecule has 1 aromatic heterocycles. The van der Waals surface area contributed by atoms with Crippen LogP contribution in [-0.2, 0) is 4.79 Å². The van der Waals surface area contributed by atoms with Gasteiger partial charge in [-0.05, 0) is 43.3 Å². The summed E-state index contributed by atoms with van der Waals surface area (Å²) in [5.41, 5.74) is 4.76. The van der Waals surface area contributed by atoms with Gasteiger partial charge >= 0.3 is 0 Å². The molecule has 26 heavy (non-hydrogen) atoms. The van der Waals surface area contributed by atoms with E-state index in [-0.39, 0.29) is 11.8 Å². The van der Waals surface area contributed by atoms with Gasteiger partial charge in [-0.15, -0.1) is 0 Å². The zero-order valence-corrected chi connectivity index (χ0v) is 14.0. The monoisotopic (exact) mass is 344 g/mol. The molecule has 0 atom stereocenters. The minimum atomic E-state index is -0.198. The van der Waals surface area contributed by atoms with Crippen molar-refractivity contribution in [2.45, 2.75) is 6.92 Å². The fourth-order valence-corrected chi connectivity index (χ4v) is 2.85. The molecule has 2 aromatic carbocycles. The fourth-order valence-electron chi connectivity index (χ4n) is 2.85. The third-order valence-corrected chi connectivity index (χ3v) is 4.25. The number of aromatic nitrogens is 2. The van der Waals surface area contributed by atoms with Gasteiger partial charge in [-0.25, -0.2) is 4.98 Å². The smallest absolute Gasteiger partial charge is 0.256 e. The first-order valence-electron chi connectivity index (χ1n) is 8.15. The van der Waals surface area contributed by atoms with Crippen molar-refractivity contribution in [3.05, 3.63) is 77.4 Å². The van der Waals surface area contributed by atoms with Crippen molar-refractivity contribution in [2.24, 2.45) is 0 Å². The molecule has 3 N–H and O–H groups in total. The van der Waals surface area contributed by atoms with Gasteiger partial charge in [0.25, 0.3) is 11.8 Å². The number of rotatable bonds is 3. The summed E-state index contributed by atoms with van der Waals surface area (Å²) in [7, 11) is 0. The van der Waals surface area contributed by atoms with Gasteiger partial charge in [0, 0.05) is 28.2 Å². The Morgan fingerprint density at radius 1 is 1.15 bits per heavy atom. The van der Waals surface area contributed by atoms with E-state index in [1.807, 2.05) is 25.1 Å². The number of hydrogen-bond donors (Lipinski definition) is 3. The van der Waals surface area contributed by atoms with E-state index in [1.165, 1.54) is 0 Å². The summed E-state index contributed by atoms with van der Waals surface area (Å²) in [4.78, 5) is 31.9. The number of fused-ring (bicyclic) bond motifs is 1.